The van der Waals surface area contributed by atoms with Crippen LogP contribution in [-0.2, 0) is 12.6 Å². The van der Waals surface area contributed by atoms with Gasteiger partial charge >= 0.3 is 6.18 Å². The van der Waals surface area contributed by atoms with Crippen molar-refractivity contribution >= 4 is 11.6 Å². The van der Waals surface area contributed by atoms with Crippen LogP contribution in [0, 0.1) is 0 Å². The van der Waals surface area contributed by atoms with Crippen molar-refractivity contribution in [2.24, 2.45) is 0 Å². The predicted octanol–water partition coefficient (Wildman–Crippen LogP) is 3.42. The molecule has 2 aliphatic heterocycles. The molecule has 2 heterocycles. The maximum atomic E-state index is 13.4. The monoisotopic (exact) mass is 446 g/mol. The molecule has 1 N–H and O–H groups in total. The number of carbonyl (C=O) groups is 1. The summed E-state index contributed by atoms with van der Waals surface area (Å²) in [5, 5.41) is 2.79. The fourth-order valence-electron chi connectivity index (χ4n) is 4.60. The Morgan fingerprint density at radius 2 is 1.75 bits per heavy atom. The van der Waals surface area contributed by atoms with Gasteiger partial charge in [0.2, 0.25) is 0 Å². The second-order valence-electron chi connectivity index (χ2n) is 8.67. The molecule has 1 amide bonds. The molecule has 0 radical (unpaired) electrons. The van der Waals surface area contributed by atoms with Crippen molar-refractivity contribution in [2.75, 3.05) is 58.3 Å². The molecule has 1 saturated heterocycles. The average molecular weight is 447 g/mol. The van der Waals surface area contributed by atoms with Gasteiger partial charge in [-0.1, -0.05) is 24.3 Å². The fourth-order valence-corrected chi connectivity index (χ4v) is 4.60. The molecule has 32 heavy (non-hydrogen) atoms. The molecule has 2 aromatic rings. The minimum absolute atomic E-state index is 0.0955. The first-order valence-corrected chi connectivity index (χ1v) is 10.9. The highest BCUT2D eigenvalue weighted by Crippen LogP contribution is 2.33. The number of likely N-dealkylation sites (N-methyl/N-ethyl adjacent to an activating group) is 2. The molecule has 172 valence electrons. The van der Waals surface area contributed by atoms with Crippen LogP contribution < -0.4 is 10.2 Å². The summed E-state index contributed by atoms with van der Waals surface area (Å²) in [6, 6.07) is 11.2. The van der Waals surface area contributed by atoms with E-state index in [1.165, 1.54) is 29.4 Å². The van der Waals surface area contributed by atoms with Crippen LogP contribution in [0.15, 0.2) is 42.5 Å². The number of alkyl halides is 3. The van der Waals surface area contributed by atoms with Gasteiger partial charge in [0, 0.05) is 52.0 Å². The smallest absolute Gasteiger partial charge is 0.374 e. The lowest BCUT2D eigenvalue weighted by atomic mass is 9.99. The van der Waals surface area contributed by atoms with Gasteiger partial charge < -0.3 is 15.1 Å². The Balaban J connectivity index is 1.56. The van der Waals surface area contributed by atoms with E-state index < -0.39 is 17.6 Å². The van der Waals surface area contributed by atoms with E-state index in [-0.39, 0.29) is 18.2 Å². The van der Waals surface area contributed by atoms with Crippen LogP contribution in [0.4, 0.5) is 18.9 Å². The quantitative estimate of drug-likeness (QED) is 0.764. The summed E-state index contributed by atoms with van der Waals surface area (Å²) in [6.07, 6.45) is -3.60. The van der Waals surface area contributed by atoms with E-state index in [9.17, 15) is 18.0 Å². The molecule has 2 aromatic carbocycles. The largest absolute Gasteiger partial charge is 0.417 e. The van der Waals surface area contributed by atoms with Gasteiger partial charge in [-0.2, -0.15) is 13.2 Å². The highest BCUT2D eigenvalue weighted by atomic mass is 19.4. The van der Waals surface area contributed by atoms with E-state index in [1.54, 1.807) is 0 Å². The van der Waals surface area contributed by atoms with Crippen molar-refractivity contribution in [2.45, 2.75) is 18.6 Å². The third kappa shape index (κ3) is 4.76. The molecule has 0 aliphatic carbocycles. The summed E-state index contributed by atoms with van der Waals surface area (Å²) in [5.41, 5.74) is 2.34. The molecule has 0 spiro atoms. The van der Waals surface area contributed by atoms with Gasteiger partial charge in [0.15, 0.2) is 0 Å². The van der Waals surface area contributed by atoms with Gasteiger partial charge in [0.05, 0.1) is 17.2 Å². The zero-order valence-electron chi connectivity index (χ0n) is 18.5. The summed E-state index contributed by atoms with van der Waals surface area (Å²) in [4.78, 5) is 19.6. The van der Waals surface area contributed by atoms with Crippen molar-refractivity contribution in [1.29, 1.82) is 0 Å². The number of fused-ring (bicyclic) bond motifs is 1. The second-order valence-corrected chi connectivity index (χ2v) is 8.67. The lowest BCUT2D eigenvalue weighted by molar-refractivity contribution is -0.137. The average Bonchev–Trinajstić information content (AvgIpc) is 3.14. The molecule has 2 aliphatic rings. The topological polar surface area (TPSA) is 38.8 Å². The number of nitrogens with one attached hydrogen (secondary N) is 1. The summed E-state index contributed by atoms with van der Waals surface area (Å²) in [6.45, 7) is 4.73. The molecule has 0 saturated carbocycles. The number of benzene rings is 2. The van der Waals surface area contributed by atoms with Gasteiger partial charge in [-0.25, -0.2) is 0 Å². The van der Waals surface area contributed by atoms with Gasteiger partial charge in [0.25, 0.3) is 5.91 Å². The third-order valence-corrected chi connectivity index (χ3v) is 6.53. The van der Waals surface area contributed by atoms with Crippen LogP contribution in [0.3, 0.4) is 0 Å². The third-order valence-electron chi connectivity index (χ3n) is 6.53. The minimum atomic E-state index is -4.57. The molecule has 1 unspecified atom stereocenters. The number of hydrogen-bond donors (Lipinski definition) is 1. The highest BCUT2D eigenvalue weighted by molar-refractivity contribution is 5.95. The van der Waals surface area contributed by atoms with Crippen molar-refractivity contribution in [3.63, 3.8) is 0 Å². The number of amides is 1. The zero-order chi connectivity index (χ0) is 22.9. The number of piperazine rings is 1. The summed E-state index contributed by atoms with van der Waals surface area (Å²) >= 11 is 0. The Bertz CT molecular complexity index is 970. The molecular formula is C24H29F3N4O. The van der Waals surface area contributed by atoms with Gasteiger partial charge in [-0.15, -0.1) is 0 Å². The standard InChI is InChI=1S/C24H29F3N4O/c1-29-11-13-31(14-12-29)22(17-7-8-21-18(15-17)9-10-30(21)2)16-28-23(32)19-5-3-4-6-20(19)24(25,26)27/h3-8,15,22H,9-14,16H2,1-2H3,(H,28,32). The molecule has 5 nitrogen and oxygen atoms in total. The Morgan fingerprint density at radius 1 is 1.03 bits per heavy atom. The van der Waals surface area contributed by atoms with E-state index >= 15 is 0 Å². The second kappa shape index (κ2) is 9.11. The Morgan fingerprint density at radius 3 is 2.47 bits per heavy atom. The van der Waals surface area contributed by atoms with Crippen LogP contribution in [0.2, 0.25) is 0 Å². The lowest BCUT2D eigenvalue weighted by Gasteiger charge is -2.38. The van der Waals surface area contributed by atoms with Crippen molar-refractivity contribution in [3.05, 3.63) is 64.7 Å². The van der Waals surface area contributed by atoms with Gasteiger partial charge in [-0.05, 0) is 42.8 Å². The van der Waals surface area contributed by atoms with Crippen molar-refractivity contribution in [3.8, 4) is 0 Å². The minimum Gasteiger partial charge on any atom is -0.374 e. The summed E-state index contributed by atoms with van der Waals surface area (Å²) in [7, 11) is 4.15. The van der Waals surface area contributed by atoms with E-state index in [4.69, 9.17) is 0 Å². The van der Waals surface area contributed by atoms with Crippen LogP contribution >= 0.6 is 0 Å². The number of halogens is 3. The molecular weight excluding hydrogens is 417 g/mol. The van der Waals surface area contributed by atoms with Gasteiger partial charge in [-0.3, -0.25) is 9.69 Å². The predicted molar refractivity (Wildman–Crippen MR) is 119 cm³/mol. The fraction of sp³-hybridized carbons (Fsp3) is 0.458. The maximum absolute atomic E-state index is 13.4. The number of carbonyl (C=O) groups excluding carboxylic acids is 1. The Hall–Kier alpha value is -2.58. The van der Waals surface area contributed by atoms with Crippen LogP contribution in [0.5, 0.6) is 0 Å². The Labute approximate surface area is 186 Å². The lowest BCUT2D eigenvalue weighted by Crippen LogP contribution is -2.48. The zero-order valence-corrected chi connectivity index (χ0v) is 18.5. The Kier molecular flexibility index (Phi) is 6.44. The van der Waals surface area contributed by atoms with Crippen molar-refractivity contribution < 1.29 is 18.0 Å². The SMILES string of the molecule is CN1CCN(C(CNC(=O)c2ccccc2C(F)(F)F)c2ccc3c(c2)CCN3C)CC1. The van der Waals surface area contributed by atoms with Gasteiger partial charge in [0.1, 0.15) is 0 Å². The summed E-state index contributed by atoms with van der Waals surface area (Å²) < 4.78 is 40.1. The first kappa shape index (κ1) is 22.6. The number of anilines is 1. The highest BCUT2D eigenvalue weighted by Gasteiger charge is 2.35. The molecule has 8 heteroatoms. The van der Waals surface area contributed by atoms with E-state index in [0.29, 0.717) is 0 Å². The molecule has 1 fully saturated rings. The molecule has 1 atom stereocenters. The van der Waals surface area contributed by atoms with Crippen molar-refractivity contribution in [1.82, 2.24) is 15.1 Å². The number of rotatable bonds is 5. The van der Waals surface area contributed by atoms with E-state index in [2.05, 4.69) is 52.3 Å². The molecule has 0 bridgehead atoms. The normalized spacial score (nSPS) is 18.5. The van der Waals surface area contributed by atoms with Crippen LogP contribution in [-0.4, -0.2) is 69.1 Å². The van der Waals surface area contributed by atoms with E-state index in [1.807, 2.05) is 0 Å². The first-order valence-electron chi connectivity index (χ1n) is 10.9. The maximum Gasteiger partial charge on any atom is 0.417 e. The first-order chi connectivity index (χ1) is 15.2. The van der Waals surface area contributed by atoms with Crippen LogP contribution in [0.1, 0.15) is 33.1 Å². The molecule has 0 aromatic heterocycles. The number of nitrogens with zero attached hydrogens (tertiary/aromatic N) is 3. The number of hydrogen-bond acceptors (Lipinski definition) is 4. The van der Waals surface area contributed by atoms with E-state index in [0.717, 1.165) is 50.8 Å². The summed E-state index contributed by atoms with van der Waals surface area (Å²) in [5.74, 6) is -0.696. The molecule has 4 rings (SSSR count). The van der Waals surface area contributed by atoms with Crippen LogP contribution in [0.25, 0.3) is 0 Å².